The molecule has 0 N–H and O–H groups in total. The van der Waals surface area contributed by atoms with Gasteiger partial charge in [0, 0.05) is 32.9 Å². The predicted octanol–water partition coefficient (Wildman–Crippen LogP) is 10.9. The van der Waals surface area contributed by atoms with E-state index in [1.54, 1.807) is 0 Å². The summed E-state index contributed by atoms with van der Waals surface area (Å²) < 4.78 is 5.27. The molecule has 0 unspecified atom stereocenters. The number of aryl methyl sites for hydroxylation is 1. The first kappa shape index (κ1) is 26.9. The second-order valence-electron chi connectivity index (χ2n) is 16.0. The van der Waals surface area contributed by atoms with Crippen molar-refractivity contribution in [1.29, 1.82) is 0 Å². The Bertz CT molecular complexity index is 3440. The van der Waals surface area contributed by atoms with Gasteiger partial charge in [-0.25, -0.2) is 0 Å². The third-order valence-corrected chi connectivity index (χ3v) is 13.6. The van der Waals surface area contributed by atoms with Crippen molar-refractivity contribution in [2.24, 2.45) is 0 Å². The summed E-state index contributed by atoms with van der Waals surface area (Å²) in [5, 5.41) is 10.8. The summed E-state index contributed by atoms with van der Waals surface area (Å²) in [7, 11) is 0. The number of hydrogen-bond acceptors (Lipinski definition) is 0. The average molecular weight is 679 g/mol. The van der Waals surface area contributed by atoms with Crippen molar-refractivity contribution in [2.75, 3.05) is 0 Å². The fourth-order valence-corrected chi connectivity index (χ4v) is 11.8. The maximum atomic E-state index is 2.64. The molecule has 2 aliphatic carbocycles. The molecular weight excluding hydrogens is 651 g/mol. The summed E-state index contributed by atoms with van der Waals surface area (Å²) in [5.74, 6) is 0. The quantitative estimate of drug-likeness (QED) is 0.141. The standard InChI is InChI=1S/C51H27BN2/c1-26-24-41-49-42(25-26)54-40-19-7-17-34-30-13-3-9-28-11-5-15-32(44(28)30)36-21-23-38(51(54)48(36)46(34)40)52(49)37-22-20-35-31-14-4-10-27-8-2-12-29(43(27)31)33-16-6-18-39-45(33)47(35)50(37)53(39)41/h2-25H,1H3. The van der Waals surface area contributed by atoms with Crippen molar-refractivity contribution >= 4 is 88.3 Å². The average Bonchev–Trinajstić information content (AvgIpc) is 3.67. The lowest BCUT2D eigenvalue weighted by molar-refractivity contribution is 1.13. The highest BCUT2D eigenvalue weighted by Gasteiger charge is 2.43. The summed E-state index contributed by atoms with van der Waals surface area (Å²) in [5.41, 5.74) is 24.1. The molecule has 3 heteroatoms. The predicted molar refractivity (Wildman–Crippen MR) is 228 cm³/mol. The van der Waals surface area contributed by atoms with Crippen LogP contribution < -0.4 is 16.4 Å². The van der Waals surface area contributed by atoms with Crippen LogP contribution in [-0.2, 0) is 0 Å². The highest BCUT2D eigenvalue weighted by molar-refractivity contribution is 7.00. The van der Waals surface area contributed by atoms with E-state index in [1.165, 1.54) is 143 Å². The molecule has 0 saturated heterocycles. The molecule has 2 nitrogen and oxygen atoms in total. The topological polar surface area (TPSA) is 9.86 Å². The Morgan fingerprint density at radius 3 is 1.17 bits per heavy atom. The van der Waals surface area contributed by atoms with Crippen molar-refractivity contribution in [3.63, 3.8) is 0 Å². The maximum absolute atomic E-state index is 2.64. The van der Waals surface area contributed by atoms with Crippen molar-refractivity contribution in [3.05, 3.63) is 151 Å². The van der Waals surface area contributed by atoms with Gasteiger partial charge in [-0.15, -0.1) is 0 Å². The highest BCUT2D eigenvalue weighted by atomic mass is 15.0. The summed E-state index contributed by atoms with van der Waals surface area (Å²) in [4.78, 5) is 0. The SMILES string of the molecule is Cc1cc2c3c(c1)-n1c4cccc5c4c4c(ccc(c41)B3c1ccc3c4c6c(cccc6n-2c14)-c1cccc2cccc-3c12)-c1cccc2cccc-5c12. The molecule has 0 atom stereocenters. The molecule has 11 aromatic rings. The molecule has 4 heterocycles. The number of rotatable bonds is 0. The van der Waals surface area contributed by atoms with E-state index in [2.05, 4.69) is 162 Å². The number of aromatic nitrogens is 2. The summed E-state index contributed by atoms with van der Waals surface area (Å²) in [6.07, 6.45) is 0. The minimum absolute atomic E-state index is 0.0991. The van der Waals surface area contributed by atoms with Gasteiger partial charge in [-0.1, -0.05) is 121 Å². The maximum Gasteiger partial charge on any atom is 0.252 e. The Kier molecular flexibility index (Phi) is 4.32. The van der Waals surface area contributed by atoms with Gasteiger partial charge in [0.15, 0.2) is 0 Å². The summed E-state index contributed by atoms with van der Waals surface area (Å²) in [6, 6.07) is 56.1. The molecule has 0 bridgehead atoms. The second kappa shape index (κ2) is 8.68. The van der Waals surface area contributed by atoms with Gasteiger partial charge in [0.25, 0.3) is 6.71 Å². The van der Waals surface area contributed by atoms with E-state index in [0.29, 0.717) is 0 Å². The summed E-state index contributed by atoms with van der Waals surface area (Å²) >= 11 is 0. The Labute approximate surface area is 310 Å². The first-order valence-electron chi connectivity index (χ1n) is 19.1. The van der Waals surface area contributed by atoms with E-state index in [9.17, 15) is 0 Å². The Balaban J connectivity index is 1.16. The summed E-state index contributed by atoms with van der Waals surface area (Å²) in [6.45, 7) is 2.38. The minimum Gasteiger partial charge on any atom is -0.310 e. The molecule has 0 amide bonds. The van der Waals surface area contributed by atoms with Crippen LogP contribution >= 0.6 is 0 Å². The Morgan fingerprint density at radius 1 is 0.370 bits per heavy atom. The van der Waals surface area contributed by atoms with Crippen LogP contribution in [-0.4, -0.2) is 15.8 Å². The van der Waals surface area contributed by atoms with Gasteiger partial charge in [-0.3, -0.25) is 0 Å². The van der Waals surface area contributed by atoms with E-state index in [1.807, 2.05) is 0 Å². The molecule has 0 radical (unpaired) electrons. The molecule has 0 spiro atoms. The van der Waals surface area contributed by atoms with Crippen molar-refractivity contribution < 1.29 is 0 Å². The third kappa shape index (κ3) is 2.74. The van der Waals surface area contributed by atoms with Crippen LogP contribution in [0.25, 0.3) is 121 Å². The minimum atomic E-state index is 0.0991. The molecule has 4 aliphatic rings. The van der Waals surface area contributed by atoms with Crippen LogP contribution in [0.4, 0.5) is 0 Å². The number of benzene rings is 9. The van der Waals surface area contributed by atoms with E-state index in [4.69, 9.17) is 0 Å². The van der Waals surface area contributed by atoms with E-state index < -0.39 is 0 Å². The first-order valence-corrected chi connectivity index (χ1v) is 19.1. The van der Waals surface area contributed by atoms with Gasteiger partial charge in [0.1, 0.15) is 0 Å². The van der Waals surface area contributed by atoms with Crippen molar-refractivity contribution in [1.82, 2.24) is 9.13 Å². The molecular formula is C51H27BN2. The zero-order chi connectivity index (χ0) is 34.7. The Hall–Kier alpha value is -6.84. The normalized spacial score (nSPS) is 13.6. The van der Waals surface area contributed by atoms with Crippen LogP contribution in [0.1, 0.15) is 5.56 Å². The molecule has 54 heavy (non-hydrogen) atoms. The van der Waals surface area contributed by atoms with Crippen LogP contribution in [0, 0.1) is 6.92 Å². The fraction of sp³-hybridized carbons (Fsp3) is 0.0196. The van der Waals surface area contributed by atoms with Gasteiger partial charge < -0.3 is 9.13 Å². The molecule has 0 saturated carbocycles. The van der Waals surface area contributed by atoms with Crippen LogP contribution in [0.15, 0.2) is 146 Å². The number of hydrogen-bond donors (Lipinski definition) is 0. The molecule has 9 aromatic carbocycles. The van der Waals surface area contributed by atoms with Crippen LogP contribution in [0.5, 0.6) is 0 Å². The monoisotopic (exact) mass is 678 g/mol. The Morgan fingerprint density at radius 2 is 0.741 bits per heavy atom. The molecule has 0 fully saturated rings. The van der Waals surface area contributed by atoms with Gasteiger partial charge in [-0.05, 0) is 119 Å². The van der Waals surface area contributed by atoms with Crippen LogP contribution in [0.2, 0.25) is 0 Å². The third-order valence-electron chi connectivity index (χ3n) is 13.6. The number of fused-ring (bicyclic) bond motifs is 10. The molecule has 2 aromatic heterocycles. The van der Waals surface area contributed by atoms with Gasteiger partial charge in [0.2, 0.25) is 0 Å². The molecule has 244 valence electrons. The molecule has 2 aliphatic heterocycles. The second-order valence-corrected chi connectivity index (χ2v) is 16.0. The van der Waals surface area contributed by atoms with Gasteiger partial charge in [-0.2, -0.15) is 0 Å². The van der Waals surface area contributed by atoms with E-state index in [0.717, 1.165) is 0 Å². The van der Waals surface area contributed by atoms with E-state index >= 15 is 0 Å². The van der Waals surface area contributed by atoms with Gasteiger partial charge in [0.05, 0.1) is 22.1 Å². The van der Waals surface area contributed by atoms with Crippen molar-refractivity contribution in [2.45, 2.75) is 6.92 Å². The number of nitrogens with zero attached hydrogens (tertiary/aromatic N) is 2. The van der Waals surface area contributed by atoms with Gasteiger partial charge >= 0.3 is 0 Å². The van der Waals surface area contributed by atoms with Crippen LogP contribution in [0.3, 0.4) is 0 Å². The first-order chi connectivity index (χ1) is 26.7. The lowest BCUT2D eigenvalue weighted by Gasteiger charge is -2.34. The smallest absolute Gasteiger partial charge is 0.252 e. The lowest BCUT2D eigenvalue weighted by atomic mass is 9.34. The lowest BCUT2D eigenvalue weighted by Crippen LogP contribution is -2.59. The fourth-order valence-electron chi connectivity index (χ4n) is 11.8. The zero-order valence-electron chi connectivity index (χ0n) is 29.3. The zero-order valence-corrected chi connectivity index (χ0v) is 29.3. The van der Waals surface area contributed by atoms with E-state index in [-0.39, 0.29) is 6.71 Å². The highest BCUT2D eigenvalue weighted by Crippen LogP contribution is 2.52. The van der Waals surface area contributed by atoms with Crippen molar-refractivity contribution in [3.8, 4) is 55.9 Å². The largest absolute Gasteiger partial charge is 0.310 e. The molecule has 15 rings (SSSR count).